The Labute approximate surface area is 172 Å². The summed E-state index contributed by atoms with van der Waals surface area (Å²) in [5.41, 5.74) is 1.40. The maximum absolute atomic E-state index is 10.8. The molecular formula is C23H32O4S. The minimum absolute atomic E-state index is 0.0291. The number of aliphatic hydroxyl groups excluding tert-OH is 2. The zero-order valence-corrected chi connectivity index (χ0v) is 17.7. The molecule has 1 fully saturated rings. The van der Waals surface area contributed by atoms with E-state index in [0.717, 1.165) is 37.9 Å². The Morgan fingerprint density at radius 3 is 2.68 bits per heavy atom. The first-order valence-electron chi connectivity index (χ1n) is 10.3. The van der Waals surface area contributed by atoms with E-state index in [1.165, 1.54) is 5.57 Å². The summed E-state index contributed by atoms with van der Waals surface area (Å²) in [6.45, 7) is 4.67. The highest BCUT2D eigenvalue weighted by Crippen LogP contribution is 2.60. The maximum Gasteiger partial charge on any atom is 0.303 e. The van der Waals surface area contributed by atoms with Gasteiger partial charge >= 0.3 is 5.97 Å². The molecule has 3 rings (SSSR count). The monoisotopic (exact) mass is 404 g/mol. The van der Waals surface area contributed by atoms with Gasteiger partial charge in [0.1, 0.15) is 5.76 Å². The van der Waals surface area contributed by atoms with E-state index in [4.69, 9.17) is 5.11 Å². The van der Waals surface area contributed by atoms with Crippen LogP contribution in [0.4, 0.5) is 0 Å². The summed E-state index contributed by atoms with van der Waals surface area (Å²) in [6.07, 6.45) is 15.4. The van der Waals surface area contributed by atoms with E-state index < -0.39 is 5.97 Å². The van der Waals surface area contributed by atoms with E-state index in [-0.39, 0.29) is 17.3 Å². The predicted molar refractivity (Wildman–Crippen MR) is 115 cm³/mol. The van der Waals surface area contributed by atoms with Crippen LogP contribution in [-0.2, 0) is 4.79 Å². The molecule has 0 aromatic rings. The van der Waals surface area contributed by atoms with Crippen LogP contribution in [0.15, 0.2) is 47.5 Å². The summed E-state index contributed by atoms with van der Waals surface area (Å²) in [6, 6.07) is 0. The molecule has 4 atom stereocenters. The molecule has 0 amide bonds. The van der Waals surface area contributed by atoms with Gasteiger partial charge in [-0.2, -0.15) is 11.8 Å². The number of carbonyl (C=O) groups is 1. The number of aliphatic carboxylic acids is 1. The van der Waals surface area contributed by atoms with Crippen LogP contribution in [-0.4, -0.2) is 32.3 Å². The largest absolute Gasteiger partial charge is 0.512 e. The first-order chi connectivity index (χ1) is 13.2. The summed E-state index contributed by atoms with van der Waals surface area (Å²) in [5.74, 6) is 1.48. The normalized spacial score (nSPS) is 34.9. The summed E-state index contributed by atoms with van der Waals surface area (Å²) < 4.78 is 0. The van der Waals surface area contributed by atoms with Crippen LogP contribution in [0, 0.1) is 16.7 Å². The molecule has 154 valence electrons. The van der Waals surface area contributed by atoms with Gasteiger partial charge in [-0.15, -0.1) is 0 Å². The van der Waals surface area contributed by atoms with Crippen molar-refractivity contribution in [2.75, 3.05) is 5.75 Å². The molecule has 4 nitrogen and oxygen atoms in total. The van der Waals surface area contributed by atoms with Gasteiger partial charge in [0.2, 0.25) is 0 Å². The maximum atomic E-state index is 10.8. The third-order valence-corrected chi connectivity index (χ3v) is 8.64. The number of hydrogen-bond donors (Lipinski definition) is 3. The van der Waals surface area contributed by atoms with Crippen molar-refractivity contribution in [2.24, 2.45) is 16.7 Å². The second-order valence-electron chi connectivity index (χ2n) is 8.88. The summed E-state index contributed by atoms with van der Waals surface area (Å²) in [4.78, 5) is 10.8. The molecule has 3 aliphatic rings. The highest BCUT2D eigenvalue weighted by Gasteiger charge is 2.52. The highest BCUT2D eigenvalue weighted by atomic mass is 32.2. The Morgan fingerprint density at radius 1 is 1.21 bits per heavy atom. The van der Waals surface area contributed by atoms with Gasteiger partial charge in [-0.3, -0.25) is 4.79 Å². The number of aliphatic hydroxyl groups is 2. The van der Waals surface area contributed by atoms with Crippen molar-refractivity contribution < 1.29 is 20.1 Å². The van der Waals surface area contributed by atoms with Crippen molar-refractivity contribution >= 4 is 17.7 Å². The lowest BCUT2D eigenvalue weighted by atomic mass is 9.54. The van der Waals surface area contributed by atoms with Gasteiger partial charge in [0.05, 0.1) is 5.76 Å². The zero-order chi connectivity index (χ0) is 20.4. The van der Waals surface area contributed by atoms with Crippen LogP contribution in [0.2, 0.25) is 0 Å². The quantitative estimate of drug-likeness (QED) is 0.458. The van der Waals surface area contributed by atoms with Crippen molar-refractivity contribution in [1.29, 1.82) is 0 Å². The number of rotatable bonds is 7. The van der Waals surface area contributed by atoms with E-state index in [9.17, 15) is 15.0 Å². The average molecular weight is 405 g/mol. The lowest BCUT2D eigenvalue weighted by Crippen LogP contribution is -2.50. The Bertz CT molecular complexity index is 735. The van der Waals surface area contributed by atoms with E-state index >= 15 is 0 Å². The van der Waals surface area contributed by atoms with Gasteiger partial charge in [0.25, 0.3) is 0 Å². The standard InChI is InChI=1S/C23H32O4S/c1-22(12-10-16(24)11-13-22)23(2)15-28-20-14-17(25)8-9-18(20)19(23)6-4-3-5-7-21(26)27/h8-12,19-20,24-25H,3-7,13-15H2,1-2H3,(H,26,27)/t19-,20?,22?,23+/m1/s1. The Hall–Kier alpha value is -1.62. The van der Waals surface area contributed by atoms with Gasteiger partial charge in [0, 0.05) is 23.8 Å². The lowest BCUT2D eigenvalue weighted by molar-refractivity contribution is -0.137. The number of carboxylic acid groups (broad SMARTS) is 1. The SMILES string of the molecule is CC1([C@@]2(C)CSC3CC(O)=CC=C3[C@H]2CCCCCC(=O)O)C=CC(O)=CC1. The number of carboxylic acids is 1. The molecule has 1 heterocycles. The third kappa shape index (κ3) is 4.19. The smallest absolute Gasteiger partial charge is 0.303 e. The Balaban J connectivity index is 1.83. The molecule has 0 aromatic carbocycles. The van der Waals surface area contributed by atoms with Gasteiger partial charge in [-0.25, -0.2) is 0 Å². The number of fused-ring (bicyclic) bond motifs is 1. The minimum Gasteiger partial charge on any atom is -0.512 e. The van der Waals surface area contributed by atoms with E-state index in [0.29, 0.717) is 29.1 Å². The van der Waals surface area contributed by atoms with Crippen LogP contribution in [0.3, 0.4) is 0 Å². The molecule has 5 heteroatoms. The second-order valence-corrected chi connectivity index (χ2v) is 10.1. The van der Waals surface area contributed by atoms with Crippen molar-refractivity contribution in [3.8, 4) is 0 Å². The molecule has 1 aliphatic heterocycles. The second kappa shape index (κ2) is 8.40. The van der Waals surface area contributed by atoms with Crippen molar-refractivity contribution in [3.05, 3.63) is 47.5 Å². The van der Waals surface area contributed by atoms with Gasteiger partial charge in [-0.1, -0.05) is 44.4 Å². The first kappa shape index (κ1) is 21.1. The highest BCUT2D eigenvalue weighted by molar-refractivity contribution is 8.00. The van der Waals surface area contributed by atoms with Crippen molar-refractivity contribution in [1.82, 2.24) is 0 Å². The topological polar surface area (TPSA) is 77.8 Å². The molecule has 0 bridgehead atoms. The molecule has 0 saturated carbocycles. The zero-order valence-electron chi connectivity index (χ0n) is 16.9. The minimum atomic E-state index is -0.721. The average Bonchev–Trinajstić information content (AvgIpc) is 2.65. The fourth-order valence-corrected chi connectivity index (χ4v) is 6.71. The molecule has 0 radical (unpaired) electrons. The molecule has 0 spiro atoms. The molecule has 3 N–H and O–H groups in total. The summed E-state index contributed by atoms with van der Waals surface area (Å²) in [5, 5.41) is 29.0. The molecule has 28 heavy (non-hydrogen) atoms. The van der Waals surface area contributed by atoms with Crippen molar-refractivity contribution in [3.63, 3.8) is 0 Å². The van der Waals surface area contributed by atoms with Crippen LogP contribution in [0.5, 0.6) is 0 Å². The molecular weight excluding hydrogens is 372 g/mol. The van der Waals surface area contributed by atoms with E-state index in [1.54, 1.807) is 0 Å². The lowest BCUT2D eigenvalue weighted by Gasteiger charge is -2.55. The fraction of sp³-hybridized carbons (Fsp3) is 0.609. The van der Waals surface area contributed by atoms with Crippen LogP contribution < -0.4 is 0 Å². The van der Waals surface area contributed by atoms with E-state index in [1.807, 2.05) is 30.0 Å². The number of allylic oxidation sites excluding steroid dienone is 6. The van der Waals surface area contributed by atoms with Crippen LogP contribution in [0.25, 0.3) is 0 Å². The molecule has 1 saturated heterocycles. The fourth-order valence-electron chi connectivity index (χ4n) is 4.91. The summed E-state index contributed by atoms with van der Waals surface area (Å²) in [7, 11) is 0. The van der Waals surface area contributed by atoms with Gasteiger partial charge in [-0.05, 0) is 54.2 Å². The predicted octanol–water partition coefficient (Wildman–Crippen LogP) is 5.94. The number of unbranched alkanes of at least 4 members (excludes halogenated alkanes) is 2. The van der Waals surface area contributed by atoms with Crippen LogP contribution >= 0.6 is 11.8 Å². The van der Waals surface area contributed by atoms with E-state index in [2.05, 4.69) is 26.0 Å². The molecule has 0 aromatic heterocycles. The Kier molecular flexibility index (Phi) is 6.33. The Morgan fingerprint density at radius 2 is 2.00 bits per heavy atom. The number of hydrogen-bond acceptors (Lipinski definition) is 4. The van der Waals surface area contributed by atoms with Crippen LogP contribution in [0.1, 0.15) is 58.8 Å². The molecule has 2 unspecified atom stereocenters. The van der Waals surface area contributed by atoms with Crippen molar-refractivity contribution in [2.45, 2.75) is 64.0 Å². The summed E-state index contributed by atoms with van der Waals surface area (Å²) >= 11 is 1.94. The van der Waals surface area contributed by atoms with Gasteiger partial charge in [0.15, 0.2) is 0 Å². The third-order valence-electron chi connectivity index (χ3n) is 7.04. The first-order valence-corrected chi connectivity index (χ1v) is 11.3. The number of thioether (sulfide) groups is 1. The molecule has 2 aliphatic carbocycles. The van der Waals surface area contributed by atoms with Gasteiger partial charge < -0.3 is 15.3 Å².